The number of hydrogen-bond acceptors (Lipinski definition) is 3. The van der Waals surface area contributed by atoms with Crippen molar-refractivity contribution in [1.29, 1.82) is 0 Å². The SMILES string of the molecule is NC(=O)OCCN1Cc2ccccc2CC1Cc1ccccc1. The van der Waals surface area contributed by atoms with Gasteiger partial charge in [0.15, 0.2) is 0 Å². The highest BCUT2D eigenvalue weighted by molar-refractivity contribution is 5.64. The van der Waals surface area contributed by atoms with Crippen LogP contribution in [0.5, 0.6) is 0 Å². The Labute approximate surface area is 136 Å². The minimum absolute atomic E-state index is 0.336. The lowest BCUT2D eigenvalue weighted by Gasteiger charge is -2.37. The largest absolute Gasteiger partial charge is 0.448 e. The third-order valence-corrected chi connectivity index (χ3v) is 4.40. The van der Waals surface area contributed by atoms with Crippen LogP contribution >= 0.6 is 0 Å². The minimum Gasteiger partial charge on any atom is -0.448 e. The molecule has 1 heterocycles. The standard InChI is InChI=1S/C19H22N2O2/c20-19(22)23-11-10-21-14-17-9-5-4-8-16(17)13-18(21)12-15-6-2-1-3-7-15/h1-9,18H,10-14H2,(H2,20,22). The van der Waals surface area contributed by atoms with E-state index in [9.17, 15) is 4.79 Å². The number of primary amides is 1. The number of fused-ring (bicyclic) bond motifs is 1. The van der Waals surface area contributed by atoms with Gasteiger partial charge in [0.25, 0.3) is 0 Å². The van der Waals surface area contributed by atoms with Crippen molar-refractivity contribution in [3.05, 3.63) is 71.3 Å². The van der Waals surface area contributed by atoms with Crippen molar-refractivity contribution in [3.63, 3.8) is 0 Å². The second-order valence-corrected chi connectivity index (χ2v) is 5.95. The predicted octanol–water partition coefficient (Wildman–Crippen LogP) is 2.75. The number of nitrogens with two attached hydrogens (primary N) is 1. The molecule has 0 saturated heterocycles. The molecule has 2 aromatic carbocycles. The summed E-state index contributed by atoms with van der Waals surface area (Å²) >= 11 is 0. The van der Waals surface area contributed by atoms with Gasteiger partial charge in [-0.15, -0.1) is 0 Å². The summed E-state index contributed by atoms with van der Waals surface area (Å²) in [6.45, 7) is 1.92. The Balaban J connectivity index is 1.74. The Morgan fingerprint density at radius 2 is 1.78 bits per heavy atom. The van der Waals surface area contributed by atoms with Gasteiger partial charge >= 0.3 is 6.09 Å². The van der Waals surface area contributed by atoms with Gasteiger partial charge in [-0.3, -0.25) is 4.90 Å². The molecule has 1 aliphatic rings. The highest BCUT2D eigenvalue weighted by Gasteiger charge is 2.25. The summed E-state index contributed by atoms with van der Waals surface area (Å²) in [5.74, 6) is 0. The van der Waals surface area contributed by atoms with Crippen LogP contribution in [0.25, 0.3) is 0 Å². The minimum atomic E-state index is -0.706. The van der Waals surface area contributed by atoms with Crippen LogP contribution in [-0.4, -0.2) is 30.2 Å². The Morgan fingerprint density at radius 1 is 1.09 bits per heavy atom. The molecule has 1 unspecified atom stereocenters. The lowest BCUT2D eigenvalue weighted by atomic mass is 9.90. The zero-order valence-electron chi connectivity index (χ0n) is 13.2. The zero-order chi connectivity index (χ0) is 16.1. The number of carbonyl (C=O) groups excluding carboxylic acids is 1. The van der Waals surface area contributed by atoms with Gasteiger partial charge in [0.2, 0.25) is 0 Å². The van der Waals surface area contributed by atoms with Crippen molar-refractivity contribution in [1.82, 2.24) is 4.90 Å². The van der Waals surface area contributed by atoms with Gasteiger partial charge in [-0.25, -0.2) is 4.79 Å². The van der Waals surface area contributed by atoms with Gasteiger partial charge in [-0.2, -0.15) is 0 Å². The van der Waals surface area contributed by atoms with Gasteiger partial charge in [0.05, 0.1) is 0 Å². The molecule has 0 aromatic heterocycles. The van der Waals surface area contributed by atoms with Crippen molar-refractivity contribution < 1.29 is 9.53 Å². The highest BCUT2D eigenvalue weighted by atomic mass is 16.5. The molecule has 3 rings (SSSR count). The molecule has 23 heavy (non-hydrogen) atoms. The van der Waals surface area contributed by atoms with Crippen LogP contribution in [-0.2, 0) is 24.1 Å². The molecule has 4 nitrogen and oxygen atoms in total. The van der Waals surface area contributed by atoms with Crippen LogP contribution in [0.1, 0.15) is 16.7 Å². The molecule has 2 N–H and O–H groups in total. The first-order valence-electron chi connectivity index (χ1n) is 7.99. The van der Waals surface area contributed by atoms with E-state index in [-0.39, 0.29) is 0 Å². The molecule has 0 aliphatic carbocycles. The summed E-state index contributed by atoms with van der Waals surface area (Å²) in [6, 6.07) is 19.5. The first-order chi connectivity index (χ1) is 11.2. The van der Waals surface area contributed by atoms with Gasteiger partial charge in [0, 0.05) is 19.1 Å². The van der Waals surface area contributed by atoms with Gasteiger partial charge in [-0.05, 0) is 29.5 Å². The van der Waals surface area contributed by atoms with Crippen LogP contribution in [0.4, 0.5) is 4.79 Å². The molecule has 1 atom stereocenters. The van der Waals surface area contributed by atoms with E-state index in [4.69, 9.17) is 10.5 Å². The maximum absolute atomic E-state index is 10.8. The fraction of sp³-hybridized carbons (Fsp3) is 0.316. The average Bonchev–Trinajstić information content (AvgIpc) is 2.56. The summed E-state index contributed by atoms with van der Waals surface area (Å²) < 4.78 is 4.93. The first kappa shape index (κ1) is 15.6. The molecule has 0 radical (unpaired) electrons. The first-order valence-corrected chi connectivity index (χ1v) is 7.99. The van der Waals surface area contributed by atoms with Crippen molar-refractivity contribution >= 4 is 6.09 Å². The van der Waals surface area contributed by atoms with E-state index in [0.717, 1.165) is 19.4 Å². The average molecular weight is 310 g/mol. The number of rotatable bonds is 5. The number of hydrogen-bond donors (Lipinski definition) is 1. The molecule has 120 valence electrons. The third-order valence-electron chi connectivity index (χ3n) is 4.40. The van der Waals surface area contributed by atoms with E-state index in [2.05, 4.69) is 53.4 Å². The molecule has 1 amide bonds. The van der Waals surface area contributed by atoms with Crippen molar-refractivity contribution in [2.24, 2.45) is 5.73 Å². The second-order valence-electron chi connectivity index (χ2n) is 5.95. The summed E-state index contributed by atoms with van der Waals surface area (Å²) in [4.78, 5) is 13.2. The monoisotopic (exact) mass is 310 g/mol. The third kappa shape index (κ3) is 4.11. The maximum Gasteiger partial charge on any atom is 0.404 e. The Bertz CT molecular complexity index is 657. The molecule has 2 aromatic rings. The molecular formula is C19H22N2O2. The predicted molar refractivity (Wildman–Crippen MR) is 90.0 cm³/mol. The molecule has 0 fully saturated rings. The topological polar surface area (TPSA) is 55.6 Å². The number of ether oxygens (including phenoxy) is 1. The lowest BCUT2D eigenvalue weighted by Crippen LogP contribution is -2.43. The smallest absolute Gasteiger partial charge is 0.404 e. The van der Waals surface area contributed by atoms with Crippen molar-refractivity contribution in [2.45, 2.75) is 25.4 Å². The molecule has 0 bridgehead atoms. The molecular weight excluding hydrogens is 288 g/mol. The zero-order valence-corrected chi connectivity index (χ0v) is 13.2. The van der Waals surface area contributed by atoms with Crippen LogP contribution in [0.3, 0.4) is 0 Å². The summed E-state index contributed by atoms with van der Waals surface area (Å²) in [5, 5.41) is 0. The number of carbonyl (C=O) groups is 1. The second kappa shape index (κ2) is 7.29. The normalized spacial score (nSPS) is 17.5. The Morgan fingerprint density at radius 3 is 2.52 bits per heavy atom. The number of benzene rings is 2. The van der Waals surface area contributed by atoms with E-state index >= 15 is 0 Å². The van der Waals surface area contributed by atoms with Crippen molar-refractivity contribution in [3.8, 4) is 0 Å². The number of amides is 1. The summed E-state index contributed by atoms with van der Waals surface area (Å²) in [5.41, 5.74) is 9.17. The quantitative estimate of drug-likeness (QED) is 0.924. The van der Waals surface area contributed by atoms with Gasteiger partial charge in [-0.1, -0.05) is 54.6 Å². The van der Waals surface area contributed by atoms with Crippen LogP contribution < -0.4 is 5.73 Å². The number of nitrogens with zero attached hydrogens (tertiary/aromatic N) is 1. The molecule has 1 aliphatic heterocycles. The van der Waals surface area contributed by atoms with Gasteiger partial charge < -0.3 is 10.5 Å². The van der Waals surface area contributed by atoms with E-state index in [0.29, 0.717) is 19.2 Å². The molecule has 4 heteroatoms. The van der Waals surface area contributed by atoms with E-state index < -0.39 is 6.09 Å². The van der Waals surface area contributed by atoms with Crippen molar-refractivity contribution in [2.75, 3.05) is 13.2 Å². The summed E-state index contributed by atoms with van der Waals surface area (Å²) in [7, 11) is 0. The van der Waals surface area contributed by atoms with E-state index in [1.165, 1.54) is 16.7 Å². The van der Waals surface area contributed by atoms with E-state index in [1.807, 2.05) is 6.07 Å². The Kier molecular flexibility index (Phi) is 4.93. The molecule has 0 saturated carbocycles. The highest BCUT2D eigenvalue weighted by Crippen LogP contribution is 2.25. The Hall–Kier alpha value is -2.33. The lowest BCUT2D eigenvalue weighted by molar-refractivity contribution is 0.107. The molecule has 0 spiro atoms. The van der Waals surface area contributed by atoms with E-state index in [1.54, 1.807) is 0 Å². The summed E-state index contributed by atoms with van der Waals surface area (Å²) in [6.07, 6.45) is 1.30. The fourth-order valence-corrected chi connectivity index (χ4v) is 3.25. The van der Waals surface area contributed by atoms with Crippen LogP contribution in [0.15, 0.2) is 54.6 Å². The fourth-order valence-electron chi connectivity index (χ4n) is 3.25. The van der Waals surface area contributed by atoms with Crippen LogP contribution in [0.2, 0.25) is 0 Å². The maximum atomic E-state index is 10.8. The van der Waals surface area contributed by atoms with Gasteiger partial charge in [0.1, 0.15) is 6.61 Å². The van der Waals surface area contributed by atoms with Crippen LogP contribution in [0, 0.1) is 0 Å².